The average molecular weight is 276 g/mol. The number of likely N-dealkylation sites (tertiary alicyclic amines) is 1. The van der Waals surface area contributed by atoms with E-state index in [-0.39, 0.29) is 6.54 Å². The first-order chi connectivity index (χ1) is 9.65. The Bertz CT molecular complexity index is 425. The number of benzene rings is 1. The molecule has 1 aromatic carbocycles. The average Bonchev–Trinajstić information content (AvgIpc) is 2.91. The van der Waals surface area contributed by atoms with Gasteiger partial charge in [0, 0.05) is 12.2 Å². The summed E-state index contributed by atoms with van der Waals surface area (Å²) in [5, 5.41) is 9.06. The van der Waals surface area contributed by atoms with E-state index >= 15 is 0 Å². The van der Waals surface area contributed by atoms with Crippen LogP contribution in [0, 0.1) is 6.92 Å². The first-order valence-corrected chi connectivity index (χ1v) is 7.41. The van der Waals surface area contributed by atoms with Crippen molar-refractivity contribution in [3.63, 3.8) is 0 Å². The van der Waals surface area contributed by atoms with Gasteiger partial charge in [0.15, 0.2) is 0 Å². The molecule has 4 heteroatoms. The van der Waals surface area contributed by atoms with Crippen molar-refractivity contribution in [3.05, 3.63) is 29.8 Å². The number of carboxylic acids is 1. The predicted molar refractivity (Wildman–Crippen MR) is 81.3 cm³/mol. The monoisotopic (exact) mass is 276 g/mol. The summed E-state index contributed by atoms with van der Waals surface area (Å²) < 4.78 is 0. The first kappa shape index (κ1) is 14.9. The topological polar surface area (TPSA) is 43.8 Å². The van der Waals surface area contributed by atoms with Gasteiger partial charge in [-0.1, -0.05) is 17.7 Å². The van der Waals surface area contributed by atoms with E-state index in [0.717, 1.165) is 25.2 Å². The number of carbonyl (C=O) groups is 1. The van der Waals surface area contributed by atoms with E-state index in [4.69, 9.17) is 5.11 Å². The minimum absolute atomic E-state index is 0.0725. The van der Waals surface area contributed by atoms with E-state index < -0.39 is 5.97 Å². The van der Waals surface area contributed by atoms with Crippen molar-refractivity contribution in [2.24, 2.45) is 0 Å². The summed E-state index contributed by atoms with van der Waals surface area (Å²) in [6.45, 7) is 6.38. The first-order valence-electron chi connectivity index (χ1n) is 7.41. The number of aliphatic carboxylic acids is 1. The number of carboxylic acid groups (broad SMARTS) is 1. The van der Waals surface area contributed by atoms with Gasteiger partial charge in [-0.15, -0.1) is 0 Å². The molecule has 0 unspecified atom stereocenters. The van der Waals surface area contributed by atoms with Gasteiger partial charge in [0.05, 0.1) is 0 Å². The van der Waals surface area contributed by atoms with Gasteiger partial charge in [0.1, 0.15) is 6.54 Å². The van der Waals surface area contributed by atoms with E-state index in [1.165, 1.54) is 31.5 Å². The maximum atomic E-state index is 11.0. The van der Waals surface area contributed by atoms with Crippen LogP contribution in [0.1, 0.15) is 24.8 Å². The SMILES string of the molecule is Cc1ccc(N(CCCN2CCCC2)CC(=O)O)cc1. The minimum atomic E-state index is -0.772. The lowest BCUT2D eigenvalue weighted by atomic mass is 10.2. The molecule has 0 aliphatic carbocycles. The molecule has 0 aromatic heterocycles. The van der Waals surface area contributed by atoms with Crippen molar-refractivity contribution in [1.82, 2.24) is 4.90 Å². The van der Waals surface area contributed by atoms with Crippen LogP contribution in [0.15, 0.2) is 24.3 Å². The van der Waals surface area contributed by atoms with Crippen LogP contribution in [0.2, 0.25) is 0 Å². The second-order valence-corrected chi connectivity index (χ2v) is 5.55. The number of rotatable bonds is 7. The molecule has 1 aromatic rings. The highest BCUT2D eigenvalue weighted by molar-refractivity contribution is 5.73. The van der Waals surface area contributed by atoms with Crippen molar-refractivity contribution >= 4 is 11.7 Å². The number of anilines is 1. The summed E-state index contributed by atoms with van der Waals surface area (Å²) in [6, 6.07) is 8.08. The van der Waals surface area contributed by atoms with Crippen molar-refractivity contribution in [2.45, 2.75) is 26.2 Å². The van der Waals surface area contributed by atoms with Gasteiger partial charge < -0.3 is 14.9 Å². The highest BCUT2D eigenvalue weighted by Crippen LogP contribution is 2.16. The molecule has 0 bridgehead atoms. The van der Waals surface area contributed by atoms with Crippen LogP contribution in [0.5, 0.6) is 0 Å². The molecule has 2 rings (SSSR count). The lowest BCUT2D eigenvalue weighted by molar-refractivity contribution is -0.135. The molecule has 1 fully saturated rings. The molecular formula is C16H24N2O2. The summed E-state index contributed by atoms with van der Waals surface area (Å²) in [6.07, 6.45) is 3.62. The quantitative estimate of drug-likeness (QED) is 0.830. The third kappa shape index (κ3) is 4.53. The van der Waals surface area contributed by atoms with Gasteiger partial charge in [-0.25, -0.2) is 0 Å². The molecule has 0 radical (unpaired) electrons. The Labute approximate surface area is 121 Å². The smallest absolute Gasteiger partial charge is 0.323 e. The maximum Gasteiger partial charge on any atom is 0.323 e. The summed E-state index contributed by atoms with van der Waals surface area (Å²) in [4.78, 5) is 15.4. The van der Waals surface area contributed by atoms with E-state index in [2.05, 4.69) is 4.90 Å². The maximum absolute atomic E-state index is 11.0. The molecule has 20 heavy (non-hydrogen) atoms. The van der Waals surface area contributed by atoms with Gasteiger partial charge in [0.2, 0.25) is 0 Å². The Morgan fingerprint density at radius 3 is 2.50 bits per heavy atom. The lowest BCUT2D eigenvalue weighted by Gasteiger charge is -2.24. The molecule has 4 nitrogen and oxygen atoms in total. The molecule has 110 valence electrons. The van der Waals surface area contributed by atoms with Crippen LogP contribution in [0.3, 0.4) is 0 Å². The molecule has 0 amide bonds. The zero-order valence-corrected chi connectivity index (χ0v) is 12.2. The Hall–Kier alpha value is -1.55. The molecule has 1 aliphatic rings. The standard InChI is InChI=1S/C16H24N2O2/c1-14-5-7-15(8-6-14)18(13-16(19)20)12-4-11-17-9-2-3-10-17/h5-8H,2-4,9-13H2,1H3,(H,19,20). The molecule has 0 atom stereocenters. The third-order valence-corrected chi connectivity index (χ3v) is 3.83. The molecule has 1 heterocycles. The van der Waals surface area contributed by atoms with Gasteiger partial charge in [-0.05, 0) is 58.0 Å². The molecule has 1 N–H and O–H groups in total. The Morgan fingerprint density at radius 2 is 1.90 bits per heavy atom. The fraction of sp³-hybridized carbons (Fsp3) is 0.562. The predicted octanol–water partition coefficient (Wildman–Crippen LogP) is 2.37. The Balaban J connectivity index is 1.89. The highest BCUT2D eigenvalue weighted by Gasteiger charge is 2.13. The number of hydrogen-bond acceptors (Lipinski definition) is 3. The van der Waals surface area contributed by atoms with Crippen LogP contribution < -0.4 is 4.90 Å². The van der Waals surface area contributed by atoms with Crippen molar-refractivity contribution in [3.8, 4) is 0 Å². The van der Waals surface area contributed by atoms with E-state index in [1.807, 2.05) is 36.1 Å². The minimum Gasteiger partial charge on any atom is -0.480 e. The molecule has 0 spiro atoms. The van der Waals surface area contributed by atoms with E-state index in [1.54, 1.807) is 0 Å². The van der Waals surface area contributed by atoms with Crippen molar-refractivity contribution in [1.29, 1.82) is 0 Å². The van der Waals surface area contributed by atoms with Gasteiger partial charge >= 0.3 is 5.97 Å². The Kier molecular flexibility index (Phi) is 5.41. The molecule has 1 saturated heterocycles. The van der Waals surface area contributed by atoms with Gasteiger partial charge in [-0.3, -0.25) is 4.79 Å². The summed E-state index contributed by atoms with van der Waals surface area (Å²) in [5.74, 6) is -0.772. The number of hydrogen-bond donors (Lipinski definition) is 1. The fourth-order valence-corrected chi connectivity index (χ4v) is 2.71. The summed E-state index contributed by atoms with van der Waals surface area (Å²) >= 11 is 0. The van der Waals surface area contributed by atoms with Crippen LogP contribution in [-0.4, -0.2) is 48.7 Å². The van der Waals surface area contributed by atoms with Crippen LogP contribution in [0.4, 0.5) is 5.69 Å². The van der Waals surface area contributed by atoms with Crippen molar-refractivity contribution < 1.29 is 9.90 Å². The molecule has 0 saturated carbocycles. The lowest BCUT2D eigenvalue weighted by Crippen LogP contribution is -2.32. The largest absolute Gasteiger partial charge is 0.480 e. The zero-order valence-electron chi connectivity index (χ0n) is 12.2. The third-order valence-electron chi connectivity index (χ3n) is 3.83. The van der Waals surface area contributed by atoms with Crippen LogP contribution in [0.25, 0.3) is 0 Å². The molecule has 1 aliphatic heterocycles. The summed E-state index contributed by atoms with van der Waals surface area (Å²) in [7, 11) is 0. The van der Waals surface area contributed by atoms with Gasteiger partial charge in [0.25, 0.3) is 0 Å². The normalized spacial score (nSPS) is 15.4. The number of aryl methyl sites for hydroxylation is 1. The van der Waals surface area contributed by atoms with E-state index in [0.29, 0.717) is 0 Å². The van der Waals surface area contributed by atoms with Crippen LogP contribution in [-0.2, 0) is 4.79 Å². The second-order valence-electron chi connectivity index (χ2n) is 5.55. The second kappa shape index (κ2) is 7.29. The van der Waals surface area contributed by atoms with Crippen LogP contribution >= 0.6 is 0 Å². The van der Waals surface area contributed by atoms with E-state index in [9.17, 15) is 4.79 Å². The summed E-state index contributed by atoms with van der Waals surface area (Å²) in [5.41, 5.74) is 2.19. The molecular weight excluding hydrogens is 252 g/mol. The number of nitrogens with zero attached hydrogens (tertiary/aromatic N) is 2. The highest BCUT2D eigenvalue weighted by atomic mass is 16.4. The van der Waals surface area contributed by atoms with Gasteiger partial charge in [-0.2, -0.15) is 0 Å². The Morgan fingerprint density at radius 1 is 1.25 bits per heavy atom. The van der Waals surface area contributed by atoms with Crippen molar-refractivity contribution in [2.75, 3.05) is 37.6 Å². The fourth-order valence-electron chi connectivity index (χ4n) is 2.71. The zero-order chi connectivity index (χ0) is 14.4.